The van der Waals surface area contributed by atoms with Gasteiger partial charge in [-0.2, -0.15) is 4.31 Å². The topological polar surface area (TPSA) is 97.6 Å². The number of piperidine rings is 1. The van der Waals surface area contributed by atoms with Gasteiger partial charge < -0.3 is 0 Å². The summed E-state index contributed by atoms with van der Waals surface area (Å²) in [4.78, 5) is 21.5. The van der Waals surface area contributed by atoms with E-state index in [4.69, 9.17) is 0 Å². The Labute approximate surface area is 122 Å². The molecule has 7 nitrogen and oxygen atoms in total. The number of non-ortho nitro benzene ring substituents is 1. The molecule has 1 aromatic rings. The van der Waals surface area contributed by atoms with E-state index >= 15 is 0 Å². The average molecular weight is 312 g/mol. The third kappa shape index (κ3) is 2.96. The maximum atomic E-state index is 12.6. The highest BCUT2D eigenvalue weighted by atomic mass is 32.2. The number of rotatable bonds is 3. The van der Waals surface area contributed by atoms with E-state index < -0.39 is 14.9 Å². The van der Waals surface area contributed by atoms with Crippen LogP contribution in [0.15, 0.2) is 17.0 Å². The van der Waals surface area contributed by atoms with Crippen molar-refractivity contribution in [3.63, 3.8) is 0 Å². The minimum Gasteiger partial charge on any atom is -0.300 e. The highest BCUT2D eigenvalue weighted by Crippen LogP contribution is 2.28. The number of nitro benzene ring substituents is 1. The molecule has 8 heteroatoms. The summed E-state index contributed by atoms with van der Waals surface area (Å²) in [5.74, 6) is 0.0356. The molecule has 0 saturated carbocycles. The second kappa shape index (κ2) is 5.53. The summed E-state index contributed by atoms with van der Waals surface area (Å²) in [6, 6.07) is 2.45. The minimum absolute atomic E-state index is 0.0356. The molecule has 0 amide bonds. The minimum atomic E-state index is -3.82. The lowest BCUT2D eigenvalue weighted by atomic mass is 10.1. The zero-order valence-corrected chi connectivity index (χ0v) is 12.6. The van der Waals surface area contributed by atoms with Crippen LogP contribution in [0.25, 0.3) is 0 Å². The molecular formula is C13H16N2O5S. The molecule has 0 spiro atoms. The van der Waals surface area contributed by atoms with Crippen molar-refractivity contribution in [1.82, 2.24) is 4.31 Å². The molecule has 1 heterocycles. The van der Waals surface area contributed by atoms with Gasteiger partial charge in [0, 0.05) is 38.1 Å². The highest BCUT2D eigenvalue weighted by molar-refractivity contribution is 7.89. The molecule has 0 bridgehead atoms. The number of sulfonamides is 1. The number of Topliss-reactive ketones (excluding diaryl/α,β-unsaturated/α-hetero) is 1. The zero-order valence-electron chi connectivity index (χ0n) is 11.8. The van der Waals surface area contributed by atoms with Gasteiger partial charge in [0.2, 0.25) is 10.0 Å². The maximum absolute atomic E-state index is 12.6. The molecule has 0 N–H and O–H groups in total. The van der Waals surface area contributed by atoms with Crippen LogP contribution in [0.3, 0.4) is 0 Å². The molecule has 1 aromatic carbocycles. The van der Waals surface area contributed by atoms with Crippen LogP contribution in [0.2, 0.25) is 0 Å². The van der Waals surface area contributed by atoms with Crippen LogP contribution in [0.4, 0.5) is 5.69 Å². The molecule has 1 aliphatic heterocycles. The van der Waals surface area contributed by atoms with Gasteiger partial charge >= 0.3 is 0 Å². The zero-order chi connectivity index (χ0) is 15.8. The number of nitrogens with zero attached hydrogens (tertiary/aromatic N) is 2. The fourth-order valence-corrected chi connectivity index (χ4v) is 4.06. The summed E-state index contributed by atoms with van der Waals surface area (Å²) in [5.41, 5.74) is 0.804. The Hall–Kier alpha value is -1.80. The predicted molar refractivity (Wildman–Crippen MR) is 75.6 cm³/mol. The monoisotopic (exact) mass is 312 g/mol. The van der Waals surface area contributed by atoms with Crippen LogP contribution in [0.1, 0.15) is 24.0 Å². The van der Waals surface area contributed by atoms with Gasteiger partial charge in [-0.1, -0.05) is 0 Å². The third-order valence-electron chi connectivity index (χ3n) is 3.71. The van der Waals surface area contributed by atoms with E-state index in [2.05, 4.69) is 0 Å². The molecule has 0 atom stereocenters. The van der Waals surface area contributed by atoms with Crippen LogP contribution in [0.5, 0.6) is 0 Å². The number of carbonyl (C=O) groups excluding carboxylic acids is 1. The molecule has 0 aromatic heterocycles. The molecule has 0 radical (unpaired) electrons. The number of aryl methyl sites for hydroxylation is 1. The average Bonchev–Trinajstić information content (AvgIpc) is 2.41. The lowest BCUT2D eigenvalue weighted by Gasteiger charge is -2.26. The van der Waals surface area contributed by atoms with Gasteiger partial charge in [-0.05, 0) is 25.0 Å². The van der Waals surface area contributed by atoms with Crippen molar-refractivity contribution < 1.29 is 18.1 Å². The Morgan fingerprint density at radius 2 is 1.76 bits per heavy atom. The summed E-state index contributed by atoms with van der Waals surface area (Å²) >= 11 is 0. The fraction of sp³-hybridized carbons (Fsp3) is 0.462. The van der Waals surface area contributed by atoms with Crippen LogP contribution in [-0.4, -0.2) is 36.5 Å². The van der Waals surface area contributed by atoms with Gasteiger partial charge in [-0.15, -0.1) is 0 Å². The third-order valence-corrected chi connectivity index (χ3v) is 5.74. The molecule has 1 aliphatic rings. The number of carbonyl (C=O) groups is 1. The lowest BCUT2D eigenvalue weighted by molar-refractivity contribution is -0.385. The van der Waals surface area contributed by atoms with Crippen molar-refractivity contribution in [1.29, 1.82) is 0 Å². The van der Waals surface area contributed by atoms with E-state index in [1.54, 1.807) is 13.8 Å². The summed E-state index contributed by atoms with van der Waals surface area (Å²) in [6.07, 6.45) is 0.373. The SMILES string of the molecule is Cc1cc([N+](=O)[O-])cc(S(=O)(=O)N2CCC(=O)CC2)c1C. The van der Waals surface area contributed by atoms with Gasteiger partial charge in [0.15, 0.2) is 0 Å². The van der Waals surface area contributed by atoms with Gasteiger partial charge in [0.05, 0.1) is 9.82 Å². The van der Waals surface area contributed by atoms with Crippen LogP contribution >= 0.6 is 0 Å². The van der Waals surface area contributed by atoms with Gasteiger partial charge in [-0.25, -0.2) is 8.42 Å². The second-order valence-corrected chi connectivity index (χ2v) is 6.99. The molecule has 0 unspecified atom stereocenters. The molecule has 1 fully saturated rings. The summed E-state index contributed by atoms with van der Waals surface area (Å²) in [7, 11) is -3.82. The van der Waals surface area contributed by atoms with Crippen LogP contribution < -0.4 is 0 Å². The Bertz CT molecular complexity index is 702. The van der Waals surface area contributed by atoms with Crippen molar-refractivity contribution in [2.24, 2.45) is 0 Å². The number of ketones is 1. The number of nitro groups is 1. The standard InChI is InChI=1S/C13H16N2O5S/c1-9-7-11(15(17)18)8-13(10(9)2)21(19,20)14-5-3-12(16)4-6-14/h7-8H,3-6H2,1-2H3. The highest BCUT2D eigenvalue weighted by Gasteiger charge is 2.31. The van der Waals surface area contributed by atoms with Gasteiger partial charge in [0.1, 0.15) is 5.78 Å². The molecule has 1 saturated heterocycles. The fourth-order valence-electron chi connectivity index (χ4n) is 2.30. The predicted octanol–water partition coefficient (Wildman–Crippen LogP) is 1.57. The van der Waals surface area contributed by atoms with E-state index in [0.29, 0.717) is 11.1 Å². The van der Waals surface area contributed by atoms with E-state index in [1.807, 2.05) is 0 Å². The van der Waals surface area contributed by atoms with Crippen molar-refractivity contribution in [3.05, 3.63) is 33.4 Å². The molecule has 0 aliphatic carbocycles. The maximum Gasteiger partial charge on any atom is 0.271 e. The van der Waals surface area contributed by atoms with Crippen LogP contribution in [0, 0.1) is 24.0 Å². The van der Waals surface area contributed by atoms with Crippen molar-refractivity contribution in [2.75, 3.05) is 13.1 Å². The molecule has 2 rings (SSSR count). The first-order valence-electron chi connectivity index (χ1n) is 6.51. The quantitative estimate of drug-likeness (QED) is 0.623. The first kappa shape index (κ1) is 15.6. The largest absolute Gasteiger partial charge is 0.300 e. The summed E-state index contributed by atoms with van der Waals surface area (Å²) in [5, 5.41) is 10.9. The smallest absolute Gasteiger partial charge is 0.271 e. The number of hydrogen-bond acceptors (Lipinski definition) is 5. The van der Waals surface area contributed by atoms with Gasteiger partial charge in [-0.3, -0.25) is 14.9 Å². The Morgan fingerprint density at radius 1 is 1.19 bits per heavy atom. The Morgan fingerprint density at radius 3 is 2.29 bits per heavy atom. The van der Waals surface area contributed by atoms with E-state index in [0.717, 1.165) is 6.07 Å². The molecule has 21 heavy (non-hydrogen) atoms. The number of hydrogen-bond donors (Lipinski definition) is 0. The first-order valence-corrected chi connectivity index (χ1v) is 7.95. The number of benzene rings is 1. The summed E-state index contributed by atoms with van der Waals surface area (Å²) < 4.78 is 26.5. The molecule has 114 valence electrons. The molecular weight excluding hydrogens is 296 g/mol. The van der Waals surface area contributed by atoms with Crippen LogP contribution in [-0.2, 0) is 14.8 Å². The van der Waals surface area contributed by atoms with E-state index in [-0.39, 0.29) is 42.3 Å². The Balaban J connectivity index is 2.49. The Kier molecular flexibility index (Phi) is 4.11. The van der Waals surface area contributed by atoms with Gasteiger partial charge in [0.25, 0.3) is 5.69 Å². The van der Waals surface area contributed by atoms with Crippen molar-refractivity contribution >= 4 is 21.5 Å². The normalized spacial score (nSPS) is 17.0. The summed E-state index contributed by atoms with van der Waals surface area (Å²) in [6.45, 7) is 3.52. The van der Waals surface area contributed by atoms with E-state index in [1.165, 1.54) is 10.4 Å². The van der Waals surface area contributed by atoms with Crippen molar-refractivity contribution in [3.8, 4) is 0 Å². The second-order valence-electron chi connectivity index (χ2n) is 5.09. The van der Waals surface area contributed by atoms with E-state index in [9.17, 15) is 23.3 Å². The van der Waals surface area contributed by atoms with Crippen molar-refractivity contribution in [2.45, 2.75) is 31.6 Å². The lowest BCUT2D eigenvalue weighted by Crippen LogP contribution is -2.38. The first-order chi connectivity index (χ1) is 9.73.